The van der Waals surface area contributed by atoms with Crippen molar-refractivity contribution in [3.05, 3.63) is 124 Å². The molecule has 5 rings (SSSR count). The standard InChI is InChI=1S/C27H18ClN3O2/c28-21-12-16-23(17-13-21)33-22-14-10-19(11-15-22)18-29-31-26(20-6-2-1-3-7-20)30-25-9-5-4-8-24(25)27(31)32/h1-18H/b29-18+. The number of hydrogen-bond acceptors (Lipinski definition) is 4. The minimum absolute atomic E-state index is 0.224. The summed E-state index contributed by atoms with van der Waals surface area (Å²) in [4.78, 5) is 17.9. The van der Waals surface area contributed by atoms with Crippen molar-refractivity contribution >= 4 is 28.7 Å². The van der Waals surface area contributed by atoms with Gasteiger partial charge in [-0.05, 0) is 66.2 Å². The van der Waals surface area contributed by atoms with Crippen LogP contribution in [-0.2, 0) is 0 Å². The van der Waals surface area contributed by atoms with Gasteiger partial charge in [0.1, 0.15) is 11.5 Å². The molecule has 0 atom stereocenters. The molecule has 0 aliphatic carbocycles. The molecule has 5 aromatic rings. The molecule has 0 amide bonds. The summed E-state index contributed by atoms with van der Waals surface area (Å²) in [6.07, 6.45) is 1.64. The number of hydrogen-bond donors (Lipinski definition) is 0. The largest absolute Gasteiger partial charge is 0.457 e. The lowest BCUT2D eigenvalue weighted by Gasteiger charge is -2.09. The molecule has 0 bridgehead atoms. The van der Waals surface area contributed by atoms with Gasteiger partial charge in [-0.2, -0.15) is 9.78 Å². The van der Waals surface area contributed by atoms with Crippen LogP contribution in [0, 0.1) is 0 Å². The Morgan fingerprint density at radius 2 is 1.42 bits per heavy atom. The summed E-state index contributed by atoms with van der Waals surface area (Å²) in [5.74, 6) is 1.87. The van der Waals surface area contributed by atoms with Crippen LogP contribution in [0.4, 0.5) is 0 Å². The van der Waals surface area contributed by atoms with Gasteiger partial charge in [0.05, 0.1) is 17.1 Å². The number of benzene rings is 4. The average Bonchev–Trinajstić information content (AvgIpc) is 2.86. The van der Waals surface area contributed by atoms with E-state index in [1.54, 1.807) is 24.4 Å². The Morgan fingerprint density at radius 3 is 2.15 bits per heavy atom. The Hall–Kier alpha value is -4.22. The number of fused-ring (bicyclic) bond motifs is 1. The minimum Gasteiger partial charge on any atom is -0.457 e. The monoisotopic (exact) mass is 451 g/mol. The van der Waals surface area contributed by atoms with Gasteiger partial charge in [-0.1, -0.05) is 54.1 Å². The van der Waals surface area contributed by atoms with Gasteiger partial charge in [-0.25, -0.2) is 4.98 Å². The summed E-state index contributed by atoms with van der Waals surface area (Å²) in [5, 5.41) is 5.66. The first-order chi connectivity index (χ1) is 16.2. The number of ether oxygens (including phenoxy) is 1. The zero-order valence-electron chi connectivity index (χ0n) is 17.4. The Morgan fingerprint density at radius 1 is 0.788 bits per heavy atom. The maximum atomic E-state index is 13.2. The number of rotatable bonds is 5. The van der Waals surface area contributed by atoms with Crippen LogP contribution < -0.4 is 10.3 Å². The Bertz CT molecular complexity index is 1490. The fourth-order valence-corrected chi connectivity index (χ4v) is 3.52. The van der Waals surface area contributed by atoms with Crippen LogP contribution >= 0.6 is 11.6 Å². The molecule has 0 saturated carbocycles. The van der Waals surface area contributed by atoms with Crippen LogP contribution in [0.1, 0.15) is 5.56 Å². The predicted molar refractivity (Wildman–Crippen MR) is 132 cm³/mol. The SMILES string of the molecule is O=c1c2ccccc2nc(-c2ccccc2)n1/N=C/c1ccc(Oc2ccc(Cl)cc2)cc1. The van der Waals surface area contributed by atoms with Gasteiger partial charge in [0.25, 0.3) is 5.56 Å². The molecule has 0 unspecified atom stereocenters. The van der Waals surface area contributed by atoms with E-state index in [1.165, 1.54) is 4.68 Å². The molecule has 0 radical (unpaired) electrons. The van der Waals surface area contributed by atoms with E-state index in [0.717, 1.165) is 11.1 Å². The molecule has 33 heavy (non-hydrogen) atoms. The third-order valence-electron chi connectivity index (χ3n) is 5.04. The van der Waals surface area contributed by atoms with Crippen LogP contribution in [-0.4, -0.2) is 15.9 Å². The van der Waals surface area contributed by atoms with Crippen molar-refractivity contribution < 1.29 is 4.74 Å². The van der Waals surface area contributed by atoms with E-state index in [4.69, 9.17) is 21.3 Å². The van der Waals surface area contributed by atoms with Gasteiger partial charge in [0.2, 0.25) is 0 Å². The first-order valence-corrected chi connectivity index (χ1v) is 10.7. The van der Waals surface area contributed by atoms with Crippen molar-refractivity contribution in [1.82, 2.24) is 9.66 Å². The number of nitrogens with zero attached hydrogens (tertiary/aromatic N) is 3. The topological polar surface area (TPSA) is 56.5 Å². The maximum Gasteiger partial charge on any atom is 0.282 e. The summed E-state index contributed by atoms with van der Waals surface area (Å²) in [5.41, 5.74) is 2.04. The predicted octanol–water partition coefficient (Wildman–Crippen LogP) is 6.39. The third kappa shape index (κ3) is 4.54. The molecule has 6 heteroatoms. The van der Waals surface area contributed by atoms with Crippen molar-refractivity contribution in [2.24, 2.45) is 5.10 Å². The van der Waals surface area contributed by atoms with Gasteiger partial charge in [-0.15, -0.1) is 0 Å². The van der Waals surface area contributed by atoms with Crippen molar-refractivity contribution in [2.75, 3.05) is 0 Å². The fourth-order valence-electron chi connectivity index (χ4n) is 3.39. The Kier molecular flexibility index (Phi) is 5.70. The van der Waals surface area contributed by atoms with Crippen molar-refractivity contribution in [1.29, 1.82) is 0 Å². The molecule has 1 aromatic heterocycles. The van der Waals surface area contributed by atoms with Gasteiger partial charge < -0.3 is 4.74 Å². The molecule has 0 aliphatic rings. The van der Waals surface area contributed by atoms with Crippen LogP contribution in [0.3, 0.4) is 0 Å². The van der Waals surface area contributed by atoms with Gasteiger partial charge in [0, 0.05) is 10.6 Å². The zero-order chi connectivity index (χ0) is 22.6. The van der Waals surface area contributed by atoms with Crippen LogP contribution in [0.15, 0.2) is 113 Å². The smallest absolute Gasteiger partial charge is 0.282 e. The summed E-state index contributed by atoms with van der Waals surface area (Å²) in [6.45, 7) is 0. The molecule has 0 fully saturated rings. The lowest BCUT2D eigenvalue weighted by atomic mass is 10.2. The number of para-hydroxylation sites is 1. The van der Waals surface area contributed by atoms with E-state index in [2.05, 4.69) is 5.10 Å². The number of halogens is 1. The van der Waals surface area contributed by atoms with Crippen LogP contribution in [0.2, 0.25) is 5.02 Å². The zero-order valence-corrected chi connectivity index (χ0v) is 18.2. The van der Waals surface area contributed by atoms with E-state index in [0.29, 0.717) is 33.2 Å². The normalized spacial score (nSPS) is 11.2. The van der Waals surface area contributed by atoms with Crippen LogP contribution in [0.25, 0.3) is 22.3 Å². The van der Waals surface area contributed by atoms with E-state index < -0.39 is 0 Å². The van der Waals surface area contributed by atoms with E-state index in [1.807, 2.05) is 84.9 Å². The summed E-state index contributed by atoms with van der Waals surface area (Å²) < 4.78 is 7.17. The lowest BCUT2D eigenvalue weighted by Crippen LogP contribution is -2.20. The highest BCUT2D eigenvalue weighted by molar-refractivity contribution is 6.30. The van der Waals surface area contributed by atoms with Crippen molar-refractivity contribution in [2.45, 2.75) is 0 Å². The Labute approximate surface area is 195 Å². The minimum atomic E-state index is -0.224. The second kappa shape index (κ2) is 9.10. The van der Waals surface area contributed by atoms with Gasteiger partial charge in [0.15, 0.2) is 5.82 Å². The first-order valence-electron chi connectivity index (χ1n) is 10.3. The average molecular weight is 452 g/mol. The highest BCUT2D eigenvalue weighted by Gasteiger charge is 2.11. The quantitative estimate of drug-likeness (QED) is 0.291. The van der Waals surface area contributed by atoms with E-state index in [-0.39, 0.29) is 5.56 Å². The summed E-state index contributed by atoms with van der Waals surface area (Å²) >= 11 is 5.92. The molecular formula is C27H18ClN3O2. The molecule has 0 saturated heterocycles. The molecule has 1 heterocycles. The number of aromatic nitrogens is 2. The molecule has 0 N–H and O–H groups in total. The highest BCUT2D eigenvalue weighted by atomic mass is 35.5. The molecule has 160 valence electrons. The van der Waals surface area contributed by atoms with E-state index >= 15 is 0 Å². The van der Waals surface area contributed by atoms with Crippen molar-refractivity contribution in [3.8, 4) is 22.9 Å². The van der Waals surface area contributed by atoms with Gasteiger partial charge >= 0.3 is 0 Å². The maximum absolute atomic E-state index is 13.2. The lowest BCUT2D eigenvalue weighted by molar-refractivity contribution is 0.482. The second-order valence-electron chi connectivity index (χ2n) is 7.31. The van der Waals surface area contributed by atoms with Gasteiger partial charge in [-0.3, -0.25) is 4.79 Å². The highest BCUT2D eigenvalue weighted by Crippen LogP contribution is 2.23. The van der Waals surface area contributed by atoms with E-state index in [9.17, 15) is 4.79 Å². The molecular weight excluding hydrogens is 434 g/mol. The summed E-state index contributed by atoms with van der Waals surface area (Å²) in [7, 11) is 0. The van der Waals surface area contributed by atoms with Crippen LogP contribution in [0.5, 0.6) is 11.5 Å². The fraction of sp³-hybridized carbons (Fsp3) is 0. The first kappa shape index (κ1) is 20.7. The summed E-state index contributed by atoms with van der Waals surface area (Å²) in [6, 6.07) is 31.4. The molecule has 5 nitrogen and oxygen atoms in total. The molecule has 4 aromatic carbocycles. The molecule has 0 spiro atoms. The molecule has 0 aliphatic heterocycles. The third-order valence-corrected chi connectivity index (χ3v) is 5.29. The van der Waals surface area contributed by atoms with Crippen molar-refractivity contribution in [3.63, 3.8) is 0 Å². The Balaban J connectivity index is 1.48. The second-order valence-corrected chi connectivity index (χ2v) is 7.74.